The molecule has 1 nitrogen and oxygen atoms in total. The lowest BCUT2D eigenvalue weighted by atomic mass is 9.36. The van der Waals surface area contributed by atoms with Gasteiger partial charge in [0.1, 0.15) is 0 Å². The highest BCUT2D eigenvalue weighted by atomic mass is 14.9. The van der Waals surface area contributed by atoms with Crippen molar-refractivity contribution in [3.8, 4) is 0 Å². The van der Waals surface area contributed by atoms with Gasteiger partial charge in [0.05, 0.1) is 0 Å². The SMILES string of the molecule is CNCC12CC(C)(C1)C2. The molecule has 2 bridgehead atoms. The van der Waals surface area contributed by atoms with Crippen LogP contribution in [0, 0.1) is 10.8 Å². The minimum atomic E-state index is 0.767. The van der Waals surface area contributed by atoms with Crippen LogP contribution in [0.5, 0.6) is 0 Å². The molecule has 0 aromatic heterocycles. The van der Waals surface area contributed by atoms with Gasteiger partial charge in [-0.2, -0.15) is 0 Å². The summed E-state index contributed by atoms with van der Waals surface area (Å²) in [5.74, 6) is 0. The Morgan fingerprint density at radius 3 is 2.22 bits per heavy atom. The summed E-state index contributed by atoms with van der Waals surface area (Å²) in [4.78, 5) is 0. The van der Waals surface area contributed by atoms with E-state index in [-0.39, 0.29) is 0 Å². The van der Waals surface area contributed by atoms with Crippen molar-refractivity contribution in [2.45, 2.75) is 26.2 Å². The van der Waals surface area contributed by atoms with Crippen LogP contribution < -0.4 is 5.32 Å². The standard InChI is InChI=1S/C8H15N/c1-7-3-8(4-7,5-7)6-9-2/h9H,3-6H2,1-2H3. The molecule has 0 aromatic rings. The summed E-state index contributed by atoms with van der Waals surface area (Å²) in [6.45, 7) is 3.66. The van der Waals surface area contributed by atoms with Crippen LogP contribution in [0.25, 0.3) is 0 Å². The van der Waals surface area contributed by atoms with Crippen LogP contribution in [0.1, 0.15) is 26.2 Å². The molecule has 9 heavy (non-hydrogen) atoms. The molecule has 0 amide bonds. The van der Waals surface area contributed by atoms with Gasteiger partial charge in [0, 0.05) is 6.54 Å². The van der Waals surface area contributed by atoms with E-state index in [2.05, 4.69) is 19.3 Å². The van der Waals surface area contributed by atoms with Crippen LogP contribution in [0.4, 0.5) is 0 Å². The maximum absolute atomic E-state index is 3.27. The van der Waals surface area contributed by atoms with E-state index < -0.39 is 0 Å². The molecule has 3 fully saturated rings. The highest BCUT2D eigenvalue weighted by Gasteiger charge is 2.63. The minimum Gasteiger partial charge on any atom is -0.319 e. The summed E-state index contributed by atoms with van der Waals surface area (Å²) >= 11 is 0. The molecule has 1 N–H and O–H groups in total. The number of rotatable bonds is 2. The molecule has 3 saturated carbocycles. The first-order valence-electron chi connectivity index (χ1n) is 3.83. The highest BCUT2D eigenvalue weighted by Crippen LogP contribution is 2.72. The van der Waals surface area contributed by atoms with Crippen molar-refractivity contribution in [1.29, 1.82) is 0 Å². The third-order valence-corrected chi connectivity index (χ3v) is 2.96. The van der Waals surface area contributed by atoms with E-state index in [1.54, 1.807) is 0 Å². The van der Waals surface area contributed by atoms with Gasteiger partial charge in [-0.25, -0.2) is 0 Å². The first-order valence-corrected chi connectivity index (χ1v) is 3.83. The third-order valence-electron chi connectivity index (χ3n) is 2.96. The van der Waals surface area contributed by atoms with Crippen molar-refractivity contribution in [2.24, 2.45) is 10.8 Å². The van der Waals surface area contributed by atoms with Crippen molar-refractivity contribution in [3.63, 3.8) is 0 Å². The fraction of sp³-hybridized carbons (Fsp3) is 1.00. The van der Waals surface area contributed by atoms with Crippen molar-refractivity contribution >= 4 is 0 Å². The Labute approximate surface area is 56.8 Å². The zero-order valence-electron chi connectivity index (χ0n) is 6.33. The Morgan fingerprint density at radius 2 is 1.89 bits per heavy atom. The van der Waals surface area contributed by atoms with Gasteiger partial charge in [0.15, 0.2) is 0 Å². The maximum atomic E-state index is 3.27. The summed E-state index contributed by atoms with van der Waals surface area (Å²) in [6, 6.07) is 0. The van der Waals surface area contributed by atoms with E-state index in [0.29, 0.717) is 0 Å². The van der Waals surface area contributed by atoms with Crippen LogP contribution >= 0.6 is 0 Å². The first-order chi connectivity index (χ1) is 4.18. The molecular weight excluding hydrogens is 110 g/mol. The van der Waals surface area contributed by atoms with Crippen molar-refractivity contribution in [2.75, 3.05) is 13.6 Å². The summed E-state index contributed by atoms with van der Waals surface area (Å²) in [5.41, 5.74) is 1.56. The van der Waals surface area contributed by atoms with E-state index >= 15 is 0 Å². The van der Waals surface area contributed by atoms with Gasteiger partial charge >= 0.3 is 0 Å². The Kier molecular flexibility index (Phi) is 0.852. The third kappa shape index (κ3) is 0.586. The summed E-state index contributed by atoms with van der Waals surface area (Å²) in [7, 11) is 2.06. The predicted octanol–water partition coefficient (Wildman–Crippen LogP) is 1.40. The Bertz CT molecular complexity index is 114. The molecule has 0 spiro atoms. The fourth-order valence-corrected chi connectivity index (χ4v) is 3.12. The number of hydrogen-bond acceptors (Lipinski definition) is 1. The van der Waals surface area contributed by atoms with E-state index in [1.165, 1.54) is 25.8 Å². The van der Waals surface area contributed by atoms with Crippen LogP contribution in [0.3, 0.4) is 0 Å². The molecule has 3 aliphatic rings. The molecule has 0 unspecified atom stereocenters. The minimum absolute atomic E-state index is 0.767. The molecule has 0 radical (unpaired) electrons. The van der Waals surface area contributed by atoms with Gasteiger partial charge < -0.3 is 5.32 Å². The molecule has 0 aliphatic heterocycles. The molecule has 52 valence electrons. The molecule has 0 heterocycles. The fourth-order valence-electron chi connectivity index (χ4n) is 3.12. The van der Waals surface area contributed by atoms with Crippen LogP contribution in [0.15, 0.2) is 0 Å². The zero-order valence-corrected chi connectivity index (χ0v) is 6.33. The molecule has 3 rings (SSSR count). The Morgan fingerprint density at radius 1 is 1.33 bits per heavy atom. The lowest BCUT2D eigenvalue weighted by Crippen LogP contribution is -2.63. The van der Waals surface area contributed by atoms with Crippen LogP contribution in [0.2, 0.25) is 0 Å². The lowest BCUT2D eigenvalue weighted by Gasteiger charge is -2.70. The first kappa shape index (κ1) is 5.72. The van der Waals surface area contributed by atoms with Gasteiger partial charge in [0.2, 0.25) is 0 Å². The van der Waals surface area contributed by atoms with Gasteiger partial charge in [-0.3, -0.25) is 0 Å². The summed E-state index contributed by atoms with van der Waals surface area (Å²) in [5, 5.41) is 3.27. The van der Waals surface area contributed by atoms with Crippen LogP contribution in [-0.2, 0) is 0 Å². The second kappa shape index (κ2) is 1.34. The second-order valence-corrected chi connectivity index (χ2v) is 4.37. The van der Waals surface area contributed by atoms with Gasteiger partial charge in [-0.1, -0.05) is 6.92 Å². The van der Waals surface area contributed by atoms with Gasteiger partial charge in [-0.15, -0.1) is 0 Å². The smallest absolute Gasteiger partial charge is 0.000541 e. The average Bonchev–Trinajstić information content (AvgIpc) is 1.60. The van der Waals surface area contributed by atoms with E-state index in [0.717, 1.165) is 10.8 Å². The monoisotopic (exact) mass is 125 g/mol. The van der Waals surface area contributed by atoms with Crippen LogP contribution in [-0.4, -0.2) is 13.6 Å². The van der Waals surface area contributed by atoms with Crippen molar-refractivity contribution in [3.05, 3.63) is 0 Å². The molecule has 0 atom stereocenters. The van der Waals surface area contributed by atoms with Gasteiger partial charge in [0.25, 0.3) is 0 Å². The number of hydrogen-bond donors (Lipinski definition) is 1. The molecule has 0 saturated heterocycles. The predicted molar refractivity (Wildman–Crippen MR) is 38.3 cm³/mol. The van der Waals surface area contributed by atoms with Gasteiger partial charge in [-0.05, 0) is 37.1 Å². The molecule has 3 aliphatic carbocycles. The van der Waals surface area contributed by atoms with E-state index in [1.807, 2.05) is 0 Å². The average molecular weight is 125 g/mol. The Hall–Kier alpha value is -0.0400. The van der Waals surface area contributed by atoms with E-state index in [9.17, 15) is 0 Å². The quantitative estimate of drug-likeness (QED) is 0.588. The lowest BCUT2D eigenvalue weighted by molar-refractivity contribution is -0.186. The molecular formula is C8H15N. The normalized spacial score (nSPS) is 54.0. The van der Waals surface area contributed by atoms with E-state index in [4.69, 9.17) is 0 Å². The largest absolute Gasteiger partial charge is 0.319 e. The maximum Gasteiger partial charge on any atom is 0.000541 e. The highest BCUT2D eigenvalue weighted by molar-refractivity contribution is 5.15. The zero-order chi connectivity index (χ0) is 6.54. The summed E-state index contributed by atoms with van der Waals surface area (Å²) in [6.07, 6.45) is 4.46. The molecule has 0 aromatic carbocycles. The Balaban J connectivity index is 1.90. The topological polar surface area (TPSA) is 12.0 Å². The number of nitrogens with one attached hydrogen (secondary N) is 1. The second-order valence-electron chi connectivity index (χ2n) is 4.37. The molecule has 1 heteroatoms. The summed E-state index contributed by atoms with van der Waals surface area (Å²) < 4.78 is 0. The van der Waals surface area contributed by atoms with Crippen molar-refractivity contribution in [1.82, 2.24) is 5.32 Å². The van der Waals surface area contributed by atoms with Crippen molar-refractivity contribution < 1.29 is 0 Å².